The number of carbonyl (C=O) groups is 2. The lowest BCUT2D eigenvalue weighted by Crippen LogP contribution is -2.56. The summed E-state index contributed by atoms with van der Waals surface area (Å²) in [6.45, 7) is 0. The summed E-state index contributed by atoms with van der Waals surface area (Å²) in [4.78, 5) is 29.8. The second kappa shape index (κ2) is 14.6. The summed E-state index contributed by atoms with van der Waals surface area (Å²) in [6.07, 6.45) is 0.188. The zero-order chi connectivity index (χ0) is 31.0. The van der Waals surface area contributed by atoms with Crippen LogP contribution >= 0.6 is 11.8 Å². The Morgan fingerprint density at radius 3 is 2.21 bits per heavy atom. The number of aliphatic hydroxyl groups is 2. The van der Waals surface area contributed by atoms with Gasteiger partial charge in [0.2, 0.25) is 10.0 Å². The normalized spacial score (nSPS) is 14.5. The van der Waals surface area contributed by atoms with Crippen LogP contribution in [0.1, 0.15) is 32.8 Å². The van der Waals surface area contributed by atoms with E-state index in [1.165, 1.54) is 18.8 Å². The Kier molecular flexibility index (Phi) is 11.4. The van der Waals surface area contributed by atoms with E-state index in [-0.39, 0.29) is 24.1 Å². The first-order valence-corrected chi connectivity index (χ1v) is 15.9. The molecule has 0 saturated carbocycles. The minimum absolute atomic E-state index is 0.0655. The number of carbonyl (C=O) groups excluding carboxylic acids is 2. The first kappa shape index (κ1) is 33.0. The number of aromatic nitrogens is 1. The van der Waals surface area contributed by atoms with Crippen molar-refractivity contribution in [1.29, 1.82) is 0 Å². The van der Waals surface area contributed by atoms with E-state index < -0.39 is 63.8 Å². The monoisotopic (exact) mass is 626 g/mol. The summed E-state index contributed by atoms with van der Waals surface area (Å²) in [5.74, 6) is -2.68. The van der Waals surface area contributed by atoms with Gasteiger partial charge in [0.05, 0.1) is 18.3 Å². The summed E-state index contributed by atoms with van der Waals surface area (Å²) in [5.41, 5.74) is 0.0407. The fraction of sp³-hybridized carbons (Fsp3) is 0.370. The van der Waals surface area contributed by atoms with Crippen molar-refractivity contribution in [3.63, 3.8) is 0 Å². The molecule has 0 aliphatic carbocycles. The molecule has 42 heavy (non-hydrogen) atoms. The van der Waals surface area contributed by atoms with Gasteiger partial charge in [-0.1, -0.05) is 18.2 Å². The molecule has 11 nitrogen and oxygen atoms in total. The molecule has 0 spiro atoms. The van der Waals surface area contributed by atoms with Gasteiger partial charge in [-0.25, -0.2) is 21.5 Å². The SMILES string of the molecule is CSCCC(NC(=O)c1ccccc1)C(O)C(O)C(Cc1cc(F)cc(F)c1)NC(=O)c1coc(N(C)S(C)(=O)=O)n1. The highest BCUT2D eigenvalue weighted by molar-refractivity contribution is 7.98. The molecule has 1 aromatic heterocycles. The number of nitrogens with one attached hydrogen (secondary N) is 2. The van der Waals surface area contributed by atoms with Crippen molar-refractivity contribution in [2.75, 3.05) is 29.6 Å². The molecular formula is C27H32F2N4O7S2. The number of amides is 2. The lowest BCUT2D eigenvalue weighted by Gasteiger charge is -2.33. The van der Waals surface area contributed by atoms with Crippen LogP contribution in [-0.2, 0) is 16.4 Å². The van der Waals surface area contributed by atoms with Gasteiger partial charge >= 0.3 is 6.01 Å². The zero-order valence-corrected chi connectivity index (χ0v) is 24.7. The minimum Gasteiger partial charge on any atom is -0.430 e. The number of rotatable bonds is 14. The van der Waals surface area contributed by atoms with Crippen molar-refractivity contribution in [1.82, 2.24) is 15.6 Å². The van der Waals surface area contributed by atoms with Crippen LogP contribution in [0.2, 0.25) is 0 Å². The molecule has 2 amide bonds. The molecule has 0 aliphatic heterocycles. The van der Waals surface area contributed by atoms with E-state index in [9.17, 15) is 37.0 Å². The Labute approximate surface area is 246 Å². The van der Waals surface area contributed by atoms with Gasteiger partial charge in [0.1, 0.15) is 30.1 Å². The molecule has 1 heterocycles. The molecule has 0 bridgehead atoms. The van der Waals surface area contributed by atoms with E-state index in [1.54, 1.807) is 30.3 Å². The molecule has 2 aromatic carbocycles. The Morgan fingerprint density at radius 1 is 1.02 bits per heavy atom. The maximum absolute atomic E-state index is 13.9. The first-order valence-electron chi connectivity index (χ1n) is 12.7. The van der Waals surface area contributed by atoms with Gasteiger partial charge in [-0.3, -0.25) is 9.59 Å². The molecular weight excluding hydrogens is 594 g/mol. The molecule has 0 radical (unpaired) electrons. The number of sulfonamides is 1. The van der Waals surface area contributed by atoms with Gasteiger partial charge in [-0.15, -0.1) is 0 Å². The standard InChI is InChI=1S/C27H32F2N4O7S2/c1-33(42(3,38)39)27-32-22(15-40-27)26(37)31-21(13-16-11-18(28)14-19(29)12-16)24(35)23(34)20(9-10-41-2)30-25(36)17-7-5-4-6-8-17/h4-8,11-12,14-15,20-21,23-24,34-35H,9-10,13H2,1-3H3,(H,30,36)(H,31,37). The van der Waals surface area contributed by atoms with Gasteiger partial charge in [-0.05, 0) is 54.7 Å². The quantitative estimate of drug-likeness (QED) is 0.210. The van der Waals surface area contributed by atoms with E-state index in [2.05, 4.69) is 15.6 Å². The molecule has 0 fully saturated rings. The van der Waals surface area contributed by atoms with E-state index >= 15 is 0 Å². The molecule has 0 saturated heterocycles. The average Bonchev–Trinajstić information content (AvgIpc) is 3.43. The maximum Gasteiger partial charge on any atom is 0.311 e. The van der Waals surface area contributed by atoms with E-state index in [0.717, 1.165) is 24.7 Å². The highest BCUT2D eigenvalue weighted by Gasteiger charge is 2.35. The van der Waals surface area contributed by atoms with Gasteiger partial charge in [0.15, 0.2) is 5.69 Å². The van der Waals surface area contributed by atoms with Gasteiger partial charge < -0.3 is 25.3 Å². The lowest BCUT2D eigenvalue weighted by molar-refractivity contribution is -0.0224. The lowest BCUT2D eigenvalue weighted by atomic mass is 9.92. The summed E-state index contributed by atoms with van der Waals surface area (Å²) < 4.78 is 57.3. The van der Waals surface area contributed by atoms with Crippen LogP contribution in [0.15, 0.2) is 59.2 Å². The van der Waals surface area contributed by atoms with Crippen molar-refractivity contribution >= 4 is 39.6 Å². The molecule has 0 aliphatic rings. The Bertz CT molecular complexity index is 1450. The maximum atomic E-state index is 13.9. The predicted molar refractivity (Wildman–Crippen MR) is 154 cm³/mol. The molecule has 4 unspecified atom stereocenters. The summed E-state index contributed by atoms with van der Waals surface area (Å²) in [5, 5.41) is 27.7. The Hall–Kier alpha value is -3.53. The number of halogens is 2. The fourth-order valence-electron chi connectivity index (χ4n) is 4.03. The van der Waals surface area contributed by atoms with E-state index in [4.69, 9.17) is 4.42 Å². The summed E-state index contributed by atoms with van der Waals surface area (Å²) >= 11 is 1.45. The molecule has 3 rings (SSSR count). The Morgan fingerprint density at radius 2 is 1.62 bits per heavy atom. The Balaban J connectivity index is 1.89. The van der Waals surface area contributed by atoms with Crippen LogP contribution in [0.25, 0.3) is 0 Å². The fourth-order valence-corrected chi connectivity index (χ4v) is 4.88. The largest absolute Gasteiger partial charge is 0.430 e. The second-order valence-electron chi connectivity index (χ2n) is 9.52. The van der Waals surface area contributed by atoms with Crippen LogP contribution in [0.4, 0.5) is 14.8 Å². The summed E-state index contributed by atoms with van der Waals surface area (Å²) in [6, 6.07) is 8.23. The van der Waals surface area contributed by atoms with Crippen molar-refractivity contribution in [3.8, 4) is 0 Å². The van der Waals surface area contributed by atoms with Gasteiger partial charge in [0.25, 0.3) is 11.8 Å². The van der Waals surface area contributed by atoms with Crippen LogP contribution in [-0.4, -0.2) is 85.0 Å². The van der Waals surface area contributed by atoms with Gasteiger partial charge in [-0.2, -0.15) is 16.7 Å². The molecule has 15 heteroatoms. The number of oxazole rings is 1. The van der Waals surface area contributed by atoms with Crippen molar-refractivity contribution < 1.29 is 41.4 Å². The highest BCUT2D eigenvalue weighted by Crippen LogP contribution is 2.19. The van der Waals surface area contributed by atoms with Crippen molar-refractivity contribution in [2.24, 2.45) is 0 Å². The smallest absolute Gasteiger partial charge is 0.311 e. The molecule has 228 valence electrons. The van der Waals surface area contributed by atoms with Crippen LogP contribution in [0, 0.1) is 11.6 Å². The molecule has 4 atom stereocenters. The minimum atomic E-state index is -3.75. The van der Waals surface area contributed by atoms with Crippen molar-refractivity contribution in [2.45, 2.75) is 37.1 Å². The van der Waals surface area contributed by atoms with Crippen molar-refractivity contribution in [3.05, 3.63) is 83.2 Å². The number of hydrogen-bond donors (Lipinski definition) is 4. The van der Waals surface area contributed by atoms with E-state index in [1.807, 2.05) is 6.26 Å². The topological polar surface area (TPSA) is 162 Å². The highest BCUT2D eigenvalue weighted by atomic mass is 32.2. The number of hydrogen-bond acceptors (Lipinski definition) is 9. The molecule has 4 N–H and O–H groups in total. The third-order valence-electron chi connectivity index (χ3n) is 6.35. The second-order valence-corrected chi connectivity index (χ2v) is 12.5. The number of thioether (sulfide) groups is 1. The van der Waals surface area contributed by atoms with Crippen LogP contribution < -0.4 is 14.9 Å². The van der Waals surface area contributed by atoms with Crippen LogP contribution in [0.3, 0.4) is 0 Å². The van der Waals surface area contributed by atoms with E-state index in [0.29, 0.717) is 21.7 Å². The summed E-state index contributed by atoms with van der Waals surface area (Å²) in [7, 11) is -2.58. The van der Waals surface area contributed by atoms with Gasteiger partial charge in [0, 0.05) is 18.7 Å². The predicted octanol–water partition coefficient (Wildman–Crippen LogP) is 1.96. The number of aliphatic hydroxyl groups excluding tert-OH is 2. The third kappa shape index (κ3) is 8.98. The van der Waals surface area contributed by atoms with Crippen LogP contribution in [0.5, 0.6) is 0 Å². The number of anilines is 1. The average molecular weight is 627 g/mol. The number of nitrogens with zero attached hydrogens (tertiary/aromatic N) is 2. The number of benzene rings is 2. The molecule has 3 aromatic rings. The first-order chi connectivity index (χ1) is 19.8. The third-order valence-corrected chi connectivity index (χ3v) is 8.14. The zero-order valence-electron chi connectivity index (χ0n) is 23.0.